The van der Waals surface area contributed by atoms with Crippen molar-refractivity contribution in [1.82, 2.24) is 10.5 Å². The van der Waals surface area contributed by atoms with E-state index in [1.807, 2.05) is 24.3 Å². The van der Waals surface area contributed by atoms with Crippen LogP contribution >= 0.6 is 0 Å². The van der Waals surface area contributed by atoms with Gasteiger partial charge in [0.1, 0.15) is 17.8 Å². The Kier molecular flexibility index (Phi) is 4.41. The molecule has 0 saturated heterocycles. The Morgan fingerprint density at radius 3 is 2.74 bits per heavy atom. The number of nitrogens with zero attached hydrogens (tertiary/aromatic N) is 1. The summed E-state index contributed by atoms with van der Waals surface area (Å²) in [5, 5.41) is 7.23. The van der Waals surface area contributed by atoms with E-state index in [1.165, 1.54) is 0 Å². The van der Waals surface area contributed by atoms with Gasteiger partial charge in [0, 0.05) is 24.2 Å². The maximum atomic E-state index is 5.37. The Bertz CT molecular complexity index is 511. The lowest BCUT2D eigenvalue weighted by Gasteiger charge is -2.17. The van der Waals surface area contributed by atoms with Crippen LogP contribution in [0, 0.1) is 0 Å². The number of aromatic nitrogens is 1. The fourth-order valence-electron chi connectivity index (χ4n) is 1.87. The first-order chi connectivity index (χ1) is 9.24. The number of nitrogens with one attached hydrogen (secondary N) is 1. The van der Waals surface area contributed by atoms with Crippen molar-refractivity contribution in [3.63, 3.8) is 0 Å². The third kappa shape index (κ3) is 3.26. The van der Waals surface area contributed by atoms with Crippen LogP contribution in [0.25, 0.3) is 0 Å². The molecule has 5 nitrogen and oxygen atoms in total. The lowest BCUT2D eigenvalue weighted by atomic mass is 10.1. The minimum absolute atomic E-state index is 0.113. The summed E-state index contributed by atoms with van der Waals surface area (Å²) in [4.78, 5) is 0. The zero-order chi connectivity index (χ0) is 13.7. The Morgan fingerprint density at radius 1 is 1.26 bits per heavy atom. The molecule has 0 aliphatic carbocycles. The molecule has 0 fully saturated rings. The van der Waals surface area contributed by atoms with Gasteiger partial charge in [-0.15, -0.1) is 0 Å². The molecule has 1 heterocycles. The van der Waals surface area contributed by atoms with Crippen molar-refractivity contribution in [2.75, 3.05) is 14.2 Å². The van der Waals surface area contributed by atoms with Crippen molar-refractivity contribution in [3.8, 4) is 11.5 Å². The number of ether oxygens (including phenoxy) is 2. The van der Waals surface area contributed by atoms with E-state index >= 15 is 0 Å². The zero-order valence-corrected chi connectivity index (χ0v) is 11.3. The zero-order valence-electron chi connectivity index (χ0n) is 11.3. The fourth-order valence-corrected chi connectivity index (χ4v) is 1.87. The van der Waals surface area contributed by atoms with Gasteiger partial charge in [0.05, 0.1) is 19.9 Å². The van der Waals surface area contributed by atoms with Crippen LogP contribution in [0.4, 0.5) is 0 Å². The SMILES string of the molecule is COc1ccc(OC)c(C(C)NCc2ccon2)c1. The third-order valence-electron chi connectivity index (χ3n) is 2.98. The highest BCUT2D eigenvalue weighted by Crippen LogP contribution is 2.29. The van der Waals surface area contributed by atoms with Gasteiger partial charge in [-0.05, 0) is 25.1 Å². The molecule has 19 heavy (non-hydrogen) atoms. The normalized spacial score (nSPS) is 12.2. The van der Waals surface area contributed by atoms with Crippen molar-refractivity contribution >= 4 is 0 Å². The van der Waals surface area contributed by atoms with Crippen LogP contribution in [-0.4, -0.2) is 19.4 Å². The highest BCUT2D eigenvalue weighted by Gasteiger charge is 2.12. The minimum Gasteiger partial charge on any atom is -0.497 e. The average molecular weight is 262 g/mol. The largest absolute Gasteiger partial charge is 0.497 e. The Balaban J connectivity index is 2.10. The van der Waals surface area contributed by atoms with Gasteiger partial charge >= 0.3 is 0 Å². The van der Waals surface area contributed by atoms with E-state index in [0.29, 0.717) is 6.54 Å². The van der Waals surface area contributed by atoms with E-state index in [-0.39, 0.29) is 6.04 Å². The van der Waals surface area contributed by atoms with Gasteiger partial charge in [-0.1, -0.05) is 5.16 Å². The van der Waals surface area contributed by atoms with Gasteiger partial charge in [0.15, 0.2) is 0 Å². The topological polar surface area (TPSA) is 56.5 Å². The Morgan fingerprint density at radius 2 is 2.11 bits per heavy atom. The lowest BCUT2D eigenvalue weighted by molar-refractivity contribution is 0.388. The van der Waals surface area contributed by atoms with Gasteiger partial charge in [-0.2, -0.15) is 0 Å². The molecule has 0 amide bonds. The van der Waals surface area contributed by atoms with Crippen LogP contribution in [0.2, 0.25) is 0 Å². The minimum atomic E-state index is 0.113. The van der Waals surface area contributed by atoms with Crippen LogP contribution in [-0.2, 0) is 6.54 Å². The molecule has 102 valence electrons. The van der Waals surface area contributed by atoms with Crippen LogP contribution in [0.3, 0.4) is 0 Å². The maximum absolute atomic E-state index is 5.37. The second kappa shape index (κ2) is 6.24. The lowest BCUT2D eigenvalue weighted by Crippen LogP contribution is -2.19. The van der Waals surface area contributed by atoms with Gasteiger partial charge in [0.25, 0.3) is 0 Å². The summed E-state index contributed by atoms with van der Waals surface area (Å²) in [5.74, 6) is 1.65. The number of hydrogen-bond acceptors (Lipinski definition) is 5. The summed E-state index contributed by atoms with van der Waals surface area (Å²) in [6.45, 7) is 2.70. The predicted molar refractivity (Wildman–Crippen MR) is 71.3 cm³/mol. The van der Waals surface area contributed by atoms with Crippen LogP contribution < -0.4 is 14.8 Å². The van der Waals surface area contributed by atoms with E-state index in [4.69, 9.17) is 14.0 Å². The quantitative estimate of drug-likeness (QED) is 0.867. The first kappa shape index (κ1) is 13.4. The highest BCUT2D eigenvalue weighted by molar-refractivity contribution is 5.42. The first-order valence-corrected chi connectivity index (χ1v) is 6.09. The van der Waals surface area contributed by atoms with E-state index in [2.05, 4.69) is 17.4 Å². The fraction of sp³-hybridized carbons (Fsp3) is 0.357. The van der Waals surface area contributed by atoms with Gasteiger partial charge in [-0.3, -0.25) is 0 Å². The summed E-state index contributed by atoms with van der Waals surface area (Å²) in [6.07, 6.45) is 1.56. The molecule has 0 saturated carbocycles. The smallest absolute Gasteiger partial charge is 0.124 e. The second-order valence-electron chi connectivity index (χ2n) is 4.20. The molecular weight excluding hydrogens is 244 g/mol. The van der Waals surface area contributed by atoms with E-state index in [1.54, 1.807) is 20.5 Å². The monoisotopic (exact) mass is 262 g/mol. The van der Waals surface area contributed by atoms with Crippen LogP contribution in [0.15, 0.2) is 35.1 Å². The van der Waals surface area contributed by atoms with Crippen molar-refractivity contribution in [2.24, 2.45) is 0 Å². The van der Waals surface area contributed by atoms with Crippen LogP contribution in [0.1, 0.15) is 24.2 Å². The Hall–Kier alpha value is -2.01. The van der Waals surface area contributed by atoms with Gasteiger partial charge in [0.2, 0.25) is 0 Å². The molecule has 0 spiro atoms. The van der Waals surface area contributed by atoms with Crippen molar-refractivity contribution in [1.29, 1.82) is 0 Å². The molecule has 0 radical (unpaired) electrons. The molecule has 1 N–H and O–H groups in total. The summed E-state index contributed by atoms with van der Waals surface area (Å²) in [6, 6.07) is 7.71. The number of benzene rings is 1. The van der Waals surface area contributed by atoms with Crippen molar-refractivity contribution in [2.45, 2.75) is 19.5 Å². The molecule has 0 aliphatic heterocycles. The van der Waals surface area contributed by atoms with E-state index in [9.17, 15) is 0 Å². The predicted octanol–water partition coefficient (Wildman–Crippen LogP) is 2.54. The summed E-state index contributed by atoms with van der Waals surface area (Å²) in [7, 11) is 3.31. The molecule has 1 aromatic heterocycles. The molecule has 1 atom stereocenters. The highest BCUT2D eigenvalue weighted by atomic mass is 16.5. The van der Waals surface area contributed by atoms with E-state index < -0.39 is 0 Å². The second-order valence-corrected chi connectivity index (χ2v) is 4.20. The summed E-state index contributed by atoms with van der Waals surface area (Å²) in [5.41, 5.74) is 1.92. The molecule has 0 aliphatic rings. The van der Waals surface area contributed by atoms with E-state index in [0.717, 1.165) is 22.8 Å². The molecule has 5 heteroatoms. The third-order valence-corrected chi connectivity index (χ3v) is 2.98. The molecule has 1 aromatic carbocycles. The number of methoxy groups -OCH3 is 2. The molecule has 1 unspecified atom stereocenters. The molecule has 2 rings (SSSR count). The molecular formula is C14H18N2O3. The van der Waals surface area contributed by atoms with Gasteiger partial charge < -0.3 is 19.3 Å². The maximum Gasteiger partial charge on any atom is 0.124 e. The first-order valence-electron chi connectivity index (χ1n) is 6.09. The summed E-state index contributed by atoms with van der Waals surface area (Å²) >= 11 is 0. The molecule has 2 aromatic rings. The average Bonchev–Trinajstić information content (AvgIpc) is 2.97. The standard InChI is InChI=1S/C14H18N2O3/c1-10(15-9-11-6-7-19-16-11)13-8-12(17-2)4-5-14(13)18-3/h4-8,10,15H,9H2,1-3H3. The number of hydrogen-bond donors (Lipinski definition) is 1. The molecule has 0 bridgehead atoms. The van der Waals surface area contributed by atoms with Crippen molar-refractivity contribution < 1.29 is 14.0 Å². The number of rotatable bonds is 6. The van der Waals surface area contributed by atoms with Gasteiger partial charge in [-0.25, -0.2) is 0 Å². The van der Waals surface area contributed by atoms with Crippen LogP contribution in [0.5, 0.6) is 11.5 Å². The van der Waals surface area contributed by atoms with Crippen molar-refractivity contribution in [3.05, 3.63) is 41.8 Å². The Labute approximate surface area is 112 Å². The summed E-state index contributed by atoms with van der Waals surface area (Å²) < 4.78 is 15.4.